The minimum atomic E-state index is -0.669. The number of hydrogen-bond donors (Lipinski definition) is 2. The lowest BCUT2D eigenvalue weighted by atomic mass is 10.2. The monoisotopic (exact) mass is 288 g/mol. The molecule has 1 heterocycles. The third kappa shape index (κ3) is 3.19. The van der Waals surface area contributed by atoms with Crippen molar-refractivity contribution < 1.29 is 4.79 Å². The van der Waals surface area contributed by atoms with Gasteiger partial charge in [0.25, 0.3) is 5.56 Å². The van der Waals surface area contributed by atoms with Gasteiger partial charge in [-0.3, -0.25) is 9.59 Å². The lowest BCUT2D eigenvalue weighted by Gasteiger charge is -2.09. The summed E-state index contributed by atoms with van der Waals surface area (Å²) in [7, 11) is 1.47. The maximum absolute atomic E-state index is 12.0. The SMILES string of the molecule is Cc1cccc(NC(=O)Cn2c(=O)c(N)cn(C)c2=O)c1. The number of nitrogens with zero attached hydrogens (tertiary/aromatic N) is 2. The van der Waals surface area contributed by atoms with Crippen molar-refractivity contribution in [3.8, 4) is 0 Å². The molecule has 2 rings (SSSR count). The van der Waals surface area contributed by atoms with Crippen molar-refractivity contribution in [1.29, 1.82) is 0 Å². The number of nitrogens with two attached hydrogens (primary N) is 1. The van der Waals surface area contributed by atoms with E-state index in [4.69, 9.17) is 5.73 Å². The summed E-state index contributed by atoms with van der Waals surface area (Å²) in [6, 6.07) is 7.22. The Morgan fingerprint density at radius 3 is 2.71 bits per heavy atom. The Hall–Kier alpha value is -2.83. The van der Waals surface area contributed by atoms with Crippen LogP contribution in [0, 0.1) is 6.92 Å². The first-order valence-corrected chi connectivity index (χ1v) is 6.31. The summed E-state index contributed by atoms with van der Waals surface area (Å²) in [6.07, 6.45) is 1.24. The molecule has 0 spiro atoms. The van der Waals surface area contributed by atoms with Crippen molar-refractivity contribution in [1.82, 2.24) is 9.13 Å². The van der Waals surface area contributed by atoms with Crippen LogP contribution in [-0.4, -0.2) is 15.0 Å². The van der Waals surface area contributed by atoms with Crippen LogP contribution >= 0.6 is 0 Å². The minimum Gasteiger partial charge on any atom is -0.393 e. The summed E-state index contributed by atoms with van der Waals surface area (Å²) < 4.78 is 1.97. The maximum Gasteiger partial charge on any atom is 0.331 e. The molecule has 0 saturated heterocycles. The number of benzene rings is 1. The van der Waals surface area contributed by atoms with Gasteiger partial charge in [-0.2, -0.15) is 0 Å². The standard InChI is InChI=1S/C14H16N4O3/c1-9-4-3-5-10(6-9)16-12(19)8-18-13(20)11(15)7-17(2)14(18)21/h3-7H,8,15H2,1-2H3,(H,16,19). The highest BCUT2D eigenvalue weighted by Gasteiger charge is 2.11. The van der Waals surface area contributed by atoms with Gasteiger partial charge in [-0.25, -0.2) is 9.36 Å². The number of nitrogens with one attached hydrogen (secondary N) is 1. The number of anilines is 2. The van der Waals surface area contributed by atoms with E-state index >= 15 is 0 Å². The van der Waals surface area contributed by atoms with Crippen LogP contribution in [0.4, 0.5) is 11.4 Å². The number of carbonyl (C=O) groups is 1. The Kier molecular flexibility index (Phi) is 3.93. The van der Waals surface area contributed by atoms with E-state index in [1.807, 2.05) is 13.0 Å². The normalized spacial score (nSPS) is 10.4. The molecule has 1 amide bonds. The van der Waals surface area contributed by atoms with E-state index in [0.29, 0.717) is 5.69 Å². The van der Waals surface area contributed by atoms with Crippen LogP contribution < -0.4 is 22.3 Å². The molecule has 7 nitrogen and oxygen atoms in total. The number of carbonyl (C=O) groups excluding carboxylic acids is 1. The molecule has 0 aliphatic carbocycles. The van der Waals surface area contributed by atoms with Crippen molar-refractivity contribution in [2.75, 3.05) is 11.1 Å². The second kappa shape index (κ2) is 5.66. The maximum atomic E-state index is 12.0. The molecule has 0 saturated carbocycles. The van der Waals surface area contributed by atoms with Crippen LogP contribution in [-0.2, 0) is 18.4 Å². The van der Waals surface area contributed by atoms with Crippen LogP contribution in [0.1, 0.15) is 5.56 Å². The van der Waals surface area contributed by atoms with E-state index < -0.39 is 17.2 Å². The molecule has 0 radical (unpaired) electrons. The largest absolute Gasteiger partial charge is 0.393 e. The zero-order valence-electron chi connectivity index (χ0n) is 11.8. The summed E-state index contributed by atoms with van der Waals surface area (Å²) in [6.45, 7) is 1.51. The molecule has 0 aliphatic heterocycles. The highest BCUT2D eigenvalue weighted by Crippen LogP contribution is 2.09. The summed E-state index contributed by atoms with van der Waals surface area (Å²) >= 11 is 0. The highest BCUT2D eigenvalue weighted by atomic mass is 16.2. The van der Waals surface area contributed by atoms with Crippen molar-refractivity contribution in [3.05, 3.63) is 56.9 Å². The van der Waals surface area contributed by atoms with Gasteiger partial charge in [0.1, 0.15) is 12.2 Å². The predicted octanol–water partition coefficient (Wildman–Crippen LogP) is 0.0763. The highest BCUT2D eigenvalue weighted by molar-refractivity contribution is 5.90. The smallest absolute Gasteiger partial charge is 0.331 e. The van der Waals surface area contributed by atoms with Gasteiger partial charge >= 0.3 is 5.69 Å². The van der Waals surface area contributed by atoms with E-state index in [1.165, 1.54) is 13.2 Å². The predicted molar refractivity (Wildman–Crippen MR) is 80.2 cm³/mol. The molecule has 0 bridgehead atoms. The number of rotatable bonds is 3. The first-order chi connectivity index (χ1) is 9.88. The fourth-order valence-corrected chi connectivity index (χ4v) is 1.96. The zero-order valence-corrected chi connectivity index (χ0v) is 11.8. The number of nitrogen functional groups attached to an aromatic ring is 1. The lowest BCUT2D eigenvalue weighted by molar-refractivity contribution is -0.116. The first-order valence-electron chi connectivity index (χ1n) is 6.31. The molecule has 0 atom stereocenters. The second-order valence-corrected chi connectivity index (χ2v) is 4.79. The van der Waals surface area contributed by atoms with Gasteiger partial charge < -0.3 is 15.6 Å². The quantitative estimate of drug-likeness (QED) is 0.835. The fraction of sp³-hybridized carbons (Fsp3) is 0.214. The van der Waals surface area contributed by atoms with Crippen LogP contribution in [0.25, 0.3) is 0 Å². The Morgan fingerprint density at radius 1 is 1.33 bits per heavy atom. The average molecular weight is 288 g/mol. The molecular formula is C14H16N4O3. The van der Waals surface area contributed by atoms with Gasteiger partial charge in [-0.1, -0.05) is 12.1 Å². The first kappa shape index (κ1) is 14.6. The summed E-state index contributed by atoms with van der Waals surface area (Å²) in [5.41, 5.74) is 5.77. The van der Waals surface area contributed by atoms with Gasteiger partial charge in [0.15, 0.2) is 0 Å². The van der Waals surface area contributed by atoms with E-state index in [9.17, 15) is 14.4 Å². The Bertz CT molecular complexity index is 770. The number of hydrogen-bond acceptors (Lipinski definition) is 4. The van der Waals surface area contributed by atoms with Gasteiger partial charge in [0, 0.05) is 18.9 Å². The molecule has 21 heavy (non-hydrogen) atoms. The molecule has 3 N–H and O–H groups in total. The van der Waals surface area contributed by atoms with Crippen LogP contribution in [0.5, 0.6) is 0 Å². The number of aryl methyl sites for hydroxylation is 2. The van der Waals surface area contributed by atoms with Crippen molar-refractivity contribution >= 4 is 17.3 Å². The Morgan fingerprint density at radius 2 is 2.05 bits per heavy atom. The van der Waals surface area contributed by atoms with Gasteiger partial charge in [-0.15, -0.1) is 0 Å². The summed E-state index contributed by atoms with van der Waals surface area (Å²) in [4.78, 5) is 35.7. The molecular weight excluding hydrogens is 272 g/mol. The van der Waals surface area contributed by atoms with Crippen LogP contribution in [0.2, 0.25) is 0 Å². The van der Waals surface area contributed by atoms with E-state index in [2.05, 4.69) is 5.32 Å². The molecule has 0 fully saturated rings. The summed E-state index contributed by atoms with van der Waals surface area (Å²) in [5.74, 6) is -0.467. The number of aromatic nitrogens is 2. The molecule has 1 aromatic heterocycles. The van der Waals surface area contributed by atoms with Crippen LogP contribution in [0.15, 0.2) is 40.1 Å². The molecule has 1 aromatic carbocycles. The van der Waals surface area contributed by atoms with Crippen molar-refractivity contribution in [3.63, 3.8) is 0 Å². The molecule has 110 valence electrons. The minimum absolute atomic E-state index is 0.0829. The number of amides is 1. The molecule has 7 heteroatoms. The van der Waals surface area contributed by atoms with Crippen LogP contribution in [0.3, 0.4) is 0 Å². The fourth-order valence-electron chi connectivity index (χ4n) is 1.96. The average Bonchev–Trinajstić information content (AvgIpc) is 2.41. The van der Waals surface area contributed by atoms with Crippen molar-refractivity contribution in [2.45, 2.75) is 13.5 Å². The lowest BCUT2D eigenvalue weighted by Crippen LogP contribution is -2.42. The third-order valence-corrected chi connectivity index (χ3v) is 2.96. The molecule has 0 unspecified atom stereocenters. The molecule has 0 aliphatic rings. The third-order valence-electron chi connectivity index (χ3n) is 2.96. The van der Waals surface area contributed by atoms with Gasteiger partial charge in [-0.05, 0) is 24.6 Å². The zero-order chi connectivity index (χ0) is 15.6. The van der Waals surface area contributed by atoms with Gasteiger partial charge in [0.2, 0.25) is 5.91 Å². The van der Waals surface area contributed by atoms with E-state index in [1.54, 1.807) is 18.2 Å². The topological polar surface area (TPSA) is 99.1 Å². The van der Waals surface area contributed by atoms with Gasteiger partial charge in [0.05, 0.1) is 0 Å². The second-order valence-electron chi connectivity index (χ2n) is 4.79. The Balaban J connectivity index is 2.25. The van der Waals surface area contributed by atoms with Crippen molar-refractivity contribution in [2.24, 2.45) is 7.05 Å². The summed E-state index contributed by atoms with van der Waals surface area (Å²) in [5, 5.41) is 2.64. The Labute approximate surface area is 120 Å². The molecule has 2 aromatic rings. The van der Waals surface area contributed by atoms with E-state index in [0.717, 1.165) is 14.7 Å². The van der Waals surface area contributed by atoms with E-state index in [-0.39, 0.29) is 12.2 Å².